The highest BCUT2D eigenvalue weighted by Gasteiger charge is 2.28. The molecule has 114 valence electrons. The van der Waals surface area contributed by atoms with Gasteiger partial charge in [0.1, 0.15) is 0 Å². The minimum absolute atomic E-state index is 0. The fourth-order valence-electron chi connectivity index (χ4n) is 2.61. The van der Waals surface area contributed by atoms with Crippen molar-refractivity contribution in [3.05, 3.63) is 30.0 Å². The van der Waals surface area contributed by atoms with Crippen molar-refractivity contribution in [1.29, 1.82) is 0 Å². The van der Waals surface area contributed by atoms with E-state index in [1.807, 2.05) is 24.3 Å². The minimum Gasteiger partial charge on any atom is -0.378 e. The third-order valence-electron chi connectivity index (χ3n) is 3.69. The predicted molar refractivity (Wildman–Crippen MR) is 82.6 cm³/mol. The van der Waals surface area contributed by atoms with E-state index in [4.69, 9.17) is 4.74 Å². The van der Waals surface area contributed by atoms with E-state index < -0.39 is 0 Å². The van der Waals surface area contributed by atoms with E-state index in [1.165, 1.54) is 0 Å². The summed E-state index contributed by atoms with van der Waals surface area (Å²) in [4.78, 5) is 12.1. The van der Waals surface area contributed by atoms with E-state index in [-0.39, 0.29) is 30.5 Å². The SMILES string of the molecule is CO[C@H]1CNC[C@@H]1NC(=O)Cc1[nH]nc2ccccc12.Cl. The molecule has 1 saturated heterocycles. The monoisotopic (exact) mass is 310 g/mol. The molecule has 1 aliphatic rings. The van der Waals surface area contributed by atoms with Crippen LogP contribution in [-0.2, 0) is 16.0 Å². The van der Waals surface area contributed by atoms with Gasteiger partial charge in [-0.15, -0.1) is 12.4 Å². The van der Waals surface area contributed by atoms with Crippen LogP contribution in [0.25, 0.3) is 10.9 Å². The highest BCUT2D eigenvalue weighted by atomic mass is 35.5. The lowest BCUT2D eigenvalue weighted by molar-refractivity contribution is -0.121. The Morgan fingerprint density at radius 3 is 3.05 bits per heavy atom. The number of aromatic amines is 1. The number of hydrogen-bond acceptors (Lipinski definition) is 4. The number of para-hydroxylation sites is 1. The summed E-state index contributed by atoms with van der Waals surface area (Å²) in [5.41, 5.74) is 1.73. The minimum atomic E-state index is -0.0184. The molecule has 6 nitrogen and oxygen atoms in total. The Kier molecular flexibility index (Phi) is 5.17. The number of methoxy groups -OCH3 is 1. The van der Waals surface area contributed by atoms with Crippen molar-refractivity contribution in [1.82, 2.24) is 20.8 Å². The first-order valence-corrected chi connectivity index (χ1v) is 6.73. The van der Waals surface area contributed by atoms with Crippen LogP contribution < -0.4 is 10.6 Å². The van der Waals surface area contributed by atoms with Gasteiger partial charge in [0.15, 0.2) is 0 Å². The van der Waals surface area contributed by atoms with Crippen LogP contribution in [0.1, 0.15) is 5.69 Å². The molecule has 0 unspecified atom stereocenters. The number of ether oxygens (including phenoxy) is 1. The molecule has 1 aromatic carbocycles. The lowest BCUT2D eigenvalue weighted by Crippen LogP contribution is -2.44. The summed E-state index contributed by atoms with van der Waals surface area (Å²) < 4.78 is 5.33. The number of benzene rings is 1. The van der Waals surface area contributed by atoms with Crippen LogP contribution in [0.2, 0.25) is 0 Å². The number of nitrogens with zero attached hydrogens (tertiary/aromatic N) is 1. The van der Waals surface area contributed by atoms with E-state index in [2.05, 4.69) is 20.8 Å². The normalized spacial score (nSPS) is 21.2. The highest BCUT2D eigenvalue weighted by Crippen LogP contribution is 2.15. The molecule has 0 bridgehead atoms. The number of amides is 1. The van der Waals surface area contributed by atoms with Crippen LogP contribution in [-0.4, -0.2) is 48.4 Å². The first-order chi connectivity index (χ1) is 9.78. The highest BCUT2D eigenvalue weighted by molar-refractivity contribution is 5.87. The van der Waals surface area contributed by atoms with Gasteiger partial charge in [0.25, 0.3) is 0 Å². The Morgan fingerprint density at radius 2 is 2.24 bits per heavy atom. The lowest BCUT2D eigenvalue weighted by atomic mass is 10.1. The van der Waals surface area contributed by atoms with Crippen molar-refractivity contribution in [2.45, 2.75) is 18.6 Å². The Morgan fingerprint density at radius 1 is 1.43 bits per heavy atom. The molecule has 0 radical (unpaired) electrons. The topological polar surface area (TPSA) is 79.0 Å². The number of halogens is 1. The molecule has 2 aromatic rings. The second kappa shape index (κ2) is 6.89. The molecule has 21 heavy (non-hydrogen) atoms. The van der Waals surface area contributed by atoms with Crippen molar-refractivity contribution >= 4 is 29.2 Å². The van der Waals surface area contributed by atoms with Crippen molar-refractivity contribution in [2.24, 2.45) is 0 Å². The first-order valence-electron chi connectivity index (χ1n) is 6.73. The zero-order chi connectivity index (χ0) is 13.9. The largest absolute Gasteiger partial charge is 0.378 e. The molecule has 0 spiro atoms. The van der Waals surface area contributed by atoms with Crippen LogP contribution in [0.5, 0.6) is 0 Å². The van der Waals surface area contributed by atoms with Crippen LogP contribution in [0, 0.1) is 0 Å². The van der Waals surface area contributed by atoms with Crippen LogP contribution in [0.4, 0.5) is 0 Å². The summed E-state index contributed by atoms with van der Waals surface area (Å²) in [6, 6.07) is 7.80. The summed E-state index contributed by atoms with van der Waals surface area (Å²) in [7, 11) is 1.67. The van der Waals surface area contributed by atoms with E-state index >= 15 is 0 Å². The molecular formula is C14H19ClN4O2. The van der Waals surface area contributed by atoms with Gasteiger partial charge < -0.3 is 15.4 Å². The molecule has 1 amide bonds. The Hall–Kier alpha value is -1.63. The Labute approximate surface area is 129 Å². The van der Waals surface area contributed by atoms with Crippen LogP contribution in [0.3, 0.4) is 0 Å². The van der Waals surface area contributed by atoms with Gasteiger partial charge in [0, 0.05) is 25.6 Å². The number of rotatable bonds is 4. The quantitative estimate of drug-likeness (QED) is 0.774. The smallest absolute Gasteiger partial charge is 0.226 e. The summed E-state index contributed by atoms with van der Waals surface area (Å²) in [6.45, 7) is 1.52. The number of fused-ring (bicyclic) bond motifs is 1. The second-order valence-electron chi connectivity index (χ2n) is 5.00. The maximum absolute atomic E-state index is 12.1. The fraction of sp³-hybridized carbons (Fsp3) is 0.429. The molecular weight excluding hydrogens is 292 g/mol. The summed E-state index contributed by atoms with van der Waals surface area (Å²) in [6.07, 6.45) is 0.338. The number of aromatic nitrogens is 2. The number of carbonyl (C=O) groups is 1. The van der Waals surface area contributed by atoms with E-state index in [0.717, 1.165) is 29.7 Å². The van der Waals surface area contributed by atoms with Gasteiger partial charge in [-0.2, -0.15) is 5.10 Å². The molecule has 1 aliphatic heterocycles. The van der Waals surface area contributed by atoms with Crippen molar-refractivity contribution in [3.63, 3.8) is 0 Å². The summed E-state index contributed by atoms with van der Waals surface area (Å²) >= 11 is 0. The number of H-pyrrole nitrogens is 1. The lowest BCUT2D eigenvalue weighted by Gasteiger charge is -2.18. The number of carbonyl (C=O) groups excluding carboxylic acids is 1. The van der Waals surface area contributed by atoms with Crippen molar-refractivity contribution in [3.8, 4) is 0 Å². The molecule has 7 heteroatoms. The van der Waals surface area contributed by atoms with Crippen LogP contribution in [0.15, 0.2) is 24.3 Å². The van der Waals surface area contributed by atoms with Gasteiger partial charge in [-0.25, -0.2) is 0 Å². The molecule has 1 aromatic heterocycles. The van der Waals surface area contributed by atoms with Gasteiger partial charge in [0.2, 0.25) is 5.91 Å². The molecule has 2 atom stereocenters. The van der Waals surface area contributed by atoms with Gasteiger partial charge in [0.05, 0.1) is 29.8 Å². The molecule has 3 rings (SSSR count). The maximum Gasteiger partial charge on any atom is 0.226 e. The van der Waals surface area contributed by atoms with E-state index in [0.29, 0.717) is 6.42 Å². The van der Waals surface area contributed by atoms with Crippen molar-refractivity contribution in [2.75, 3.05) is 20.2 Å². The first kappa shape index (κ1) is 15.8. The van der Waals surface area contributed by atoms with E-state index in [1.54, 1.807) is 7.11 Å². The van der Waals surface area contributed by atoms with Gasteiger partial charge >= 0.3 is 0 Å². The number of nitrogens with one attached hydrogen (secondary N) is 3. The third kappa shape index (κ3) is 3.34. The summed E-state index contributed by atoms with van der Waals surface area (Å²) in [5, 5.41) is 14.3. The number of hydrogen-bond donors (Lipinski definition) is 3. The molecule has 3 N–H and O–H groups in total. The Bertz CT molecular complexity index is 616. The fourth-order valence-corrected chi connectivity index (χ4v) is 2.61. The van der Waals surface area contributed by atoms with Crippen molar-refractivity contribution < 1.29 is 9.53 Å². The van der Waals surface area contributed by atoms with E-state index in [9.17, 15) is 4.79 Å². The van der Waals surface area contributed by atoms with Gasteiger partial charge in [-0.3, -0.25) is 9.89 Å². The van der Waals surface area contributed by atoms with Gasteiger partial charge in [-0.05, 0) is 6.07 Å². The standard InChI is InChI=1S/C14H18N4O2.ClH/c1-20-13-8-15-7-12(13)16-14(19)6-11-9-4-2-3-5-10(9)17-18-11;/h2-5,12-13,15H,6-8H2,1H3,(H,16,19)(H,17,18);1H/t12-,13-;/m0./s1. The molecule has 0 saturated carbocycles. The van der Waals surface area contributed by atoms with Gasteiger partial charge in [-0.1, -0.05) is 18.2 Å². The predicted octanol–water partition coefficient (Wildman–Crippen LogP) is 0.630. The molecule has 0 aliphatic carbocycles. The average Bonchev–Trinajstić information content (AvgIpc) is 3.06. The molecule has 2 heterocycles. The third-order valence-corrected chi connectivity index (χ3v) is 3.69. The Balaban J connectivity index is 0.00000161. The zero-order valence-corrected chi connectivity index (χ0v) is 12.6. The second-order valence-corrected chi connectivity index (χ2v) is 5.00. The van der Waals surface area contributed by atoms with Crippen LogP contribution >= 0.6 is 12.4 Å². The summed E-state index contributed by atoms with van der Waals surface area (Å²) in [5.74, 6) is -0.0184. The molecule has 1 fully saturated rings. The average molecular weight is 311 g/mol. The zero-order valence-electron chi connectivity index (χ0n) is 11.8. The maximum atomic E-state index is 12.1.